The Morgan fingerprint density at radius 1 is 1.33 bits per heavy atom. The lowest BCUT2D eigenvalue weighted by Crippen LogP contribution is -1.98. The molecule has 0 radical (unpaired) electrons. The van der Waals surface area contributed by atoms with E-state index in [1.807, 2.05) is 13.8 Å². The van der Waals surface area contributed by atoms with Crippen LogP contribution in [0.25, 0.3) is 0 Å². The maximum atomic E-state index is 13.6. The number of halogens is 2. The maximum Gasteiger partial charge on any atom is 0.227 e. The van der Waals surface area contributed by atoms with Crippen molar-refractivity contribution in [1.82, 2.24) is 9.97 Å². The minimum Gasteiger partial charge on any atom is -0.435 e. The summed E-state index contributed by atoms with van der Waals surface area (Å²) in [6.45, 7) is 3.77. The van der Waals surface area contributed by atoms with Gasteiger partial charge in [0.15, 0.2) is 11.6 Å². The molecule has 0 spiro atoms. The summed E-state index contributed by atoms with van der Waals surface area (Å²) in [6.07, 6.45) is 1.91. The highest BCUT2D eigenvalue weighted by Gasteiger charge is 2.12. The molecule has 18 heavy (non-hydrogen) atoms. The van der Waals surface area contributed by atoms with E-state index in [9.17, 15) is 4.39 Å². The smallest absolute Gasteiger partial charge is 0.227 e. The highest BCUT2D eigenvalue weighted by Crippen LogP contribution is 2.29. The first kappa shape index (κ1) is 12.8. The molecule has 5 heteroatoms. The van der Waals surface area contributed by atoms with Gasteiger partial charge in [-0.2, -0.15) is 0 Å². The lowest BCUT2D eigenvalue weighted by atomic mass is 10.2. The van der Waals surface area contributed by atoms with Gasteiger partial charge in [-0.1, -0.05) is 24.6 Å². The summed E-state index contributed by atoms with van der Waals surface area (Å²) in [4.78, 5) is 7.86. The van der Waals surface area contributed by atoms with Gasteiger partial charge >= 0.3 is 0 Å². The Morgan fingerprint density at radius 3 is 2.83 bits per heavy atom. The lowest BCUT2D eigenvalue weighted by Gasteiger charge is -2.10. The lowest BCUT2D eigenvalue weighted by molar-refractivity contribution is 0.421. The molecule has 0 atom stereocenters. The van der Waals surface area contributed by atoms with Crippen molar-refractivity contribution in [2.75, 3.05) is 0 Å². The van der Waals surface area contributed by atoms with E-state index < -0.39 is 5.82 Å². The van der Waals surface area contributed by atoms with Crippen molar-refractivity contribution in [2.24, 2.45) is 0 Å². The first-order chi connectivity index (χ1) is 8.61. The van der Waals surface area contributed by atoms with Crippen molar-refractivity contribution in [3.05, 3.63) is 46.6 Å². The number of hydrogen-bond donors (Lipinski definition) is 0. The van der Waals surface area contributed by atoms with E-state index >= 15 is 0 Å². The van der Waals surface area contributed by atoms with Crippen LogP contribution in [0.4, 0.5) is 4.39 Å². The standard InChI is InChI=1S/C13H12ClFN2O/c1-3-9-12(14)16-7-17-13(9)18-11-6-8(2)4-5-10(11)15/h4-7H,3H2,1-2H3. The minimum atomic E-state index is -0.433. The number of aromatic nitrogens is 2. The van der Waals surface area contributed by atoms with Gasteiger partial charge in [0.05, 0.1) is 5.56 Å². The van der Waals surface area contributed by atoms with Crippen LogP contribution in [0.3, 0.4) is 0 Å². The zero-order chi connectivity index (χ0) is 13.1. The Hall–Kier alpha value is -1.68. The van der Waals surface area contributed by atoms with Gasteiger partial charge in [-0.25, -0.2) is 14.4 Å². The molecule has 0 saturated carbocycles. The highest BCUT2D eigenvalue weighted by molar-refractivity contribution is 6.30. The minimum absolute atomic E-state index is 0.138. The van der Waals surface area contributed by atoms with Gasteiger partial charge in [-0.05, 0) is 31.0 Å². The molecule has 2 rings (SSSR count). The summed E-state index contributed by atoms with van der Waals surface area (Å²) in [5.41, 5.74) is 1.57. The average Bonchev–Trinajstić information content (AvgIpc) is 2.34. The summed E-state index contributed by atoms with van der Waals surface area (Å²) >= 11 is 5.94. The van der Waals surface area contributed by atoms with E-state index in [1.54, 1.807) is 12.1 Å². The Kier molecular flexibility index (Phi) is 3.77. The zero-order valence-corrected chi connectivity index (χ0v) is 10.8. The molecule has 1 aromatic carbocycles. The molecule has 0 N–H and O–H groups in total. The molecular weight excluding hydrogens is 255 g/mol. The van der Waals surface area contributed by atoms with Gasteiger partial charge in [0.1, 0.15) is 11.5 Å². The fraction of sp³-hybridized carbons (Fsp3) is 0.231. The molecule has 2 aromatic rings. The third kappa shape index (κ3) is 2.59. The van der Waals surface area contributed by atoms with Gasteiger partial charge in [0.25, 0.3) is 0 Å². The van der Waals surface area contributed by atoms with Crippen LogP contribution in [0.1, 0.15) is 18.1 Å². The molecule has 94 valence electrons. The van der Waals surface area contributed by atoms with Gasteiger partial charge in [-0.3, -0.25) is 0 Å². The Morgan fingerprint density at radius 2 is 2.11 bits per heavy atom. The molecule has 0 saturated heterocycles. The molecule has 1 heterocycles. The largest absolute Gasteiger partial charge is 0.435 e. The van der Waals surface area contributed by atoms with Gasteiger partial charge in [0.2, 0.25) is 5.88 Å². The number of hydrogen-bond acceptors (Lipinski definition) is 3. The number of benzene rings is 1. The van der Waals surface area contributed by atoms with E-state index in [4.69, 9.17) is 16.3 Å². The van der Waals surface area contributed by atoms with Crippen molar-refractivity contribution < 1.29 is 9.13 Å². The Balaban J connectivity index is 2.40. The second-order valence-electron chi connectivity index (χ2n) is 3.84. The van der Waals surface area contributed by atoms with Crippen LogP contribution in [0.2, 0.25) is 5.15 Å². The summed E-state index contributed by atoms with van der Waals surface area (Å²) in [5.74, 6) is -0.00106. The molecule has 0 amide bonds. The summed E-state index contributed by atoms with van der Waals surface area (Å²) in [7, 11) is 0. The van der Waals surface area contributed by atoms with Crippen LogP contribution in [-0.2, 0) is 6.42 Å². The van der Waals surface area contributed by atoms with Gasteiger partial charge in [-0.15, -0.1) is 0 Å². The third-order valence-electron chi connectivity index (χ3n) is 2.50. The average molecular weight is 267 g/mol. The third-order valence-corrected chi connectivity index (χ3v) is 2.83. The van der Waals surface area contributed by atoms with E-state index in [0.717, 1.165) is 5.56 Å². The molecule has 0 fully saturated rings. The van der Waals surface area contributed by atoms with E-state index in [2.05, 4.69) is 9.97 Å². The first-order valence-electron chi connectivity index (χ1n) is 5.55. The van der Waals surface area contributed by atoms with Gasteiger partial charge < -0.3 is 4.74 Å². The molecule has 0 aliphatic carbocycles. The van der Waals surface area contributed by atoms with Crippen LogP contribution >= 0.6 is 11.6 Å². The van der Waals surface area contributed by atoms with Crippen molar-refractivity contribution in [3.8, 4) is 11.6 Å². The van der Waals surface area contributed by atoms with Crippen molar-refractivity contribution >= 4 is 11.6 Å². The predicted octanol–water partition coefficient (Wildman–Crippen LogP) is 3.93. The van der Waals surface area contributed by atoms with Crippen LogP contribution in [0.5, 0.6) is 11.6 Å². The number of ether oxygens (including phenoxy) is 1. The first-order valence-corrected chi connectivity index (χ1v) is 5.93. The fourth-order valence-corrected chi connectivity index (χ4v) is 1.81. The second-order valence-corrected chi connectivity index (χ2v) is 4.20. The number of nitrogens with zero attached hydrogens (tertiary/aromatic N) is 2. The molecule has 0 aliphatic rings. The van der Waals surface area contributed by atoms with Crippen molar-refractivity contribution in [3.63, 3.8) is 0 Å². The Labute approximate surface area is 110 Å². The van der Waals surface area contributed by atoms with Crippen molar-refractivity contribution in [1.29, 1.82) is 0 Å². The second kappa shape index (κ2) is 5.31. The Bertz CT molecular complexity index is 575. The monoisotopic (exact) mass is 266 g/mol. The fourth-order valence-electron chi connectivity index (χ4n) is 1.55. The quantitative estimate of drug-likeness (QED) is 0.790. The highest BCUT2D eigenvalue weighted by atomic mass is 35.5. The molecule has 3 nitrogen and oxygen atoms in total. The summed E-state index contributed by atoms with van der Waals surface area (Å²) in [6, 6.07) is 4.65. The van der Waals surface area contributed by atoms with Gasteiger partial charge in [0, 0.05) is 0 Å². The summed E-state index contributed by atoms with van der Waals surface area (Å²) in [5, 5.41) is 0.329. The van der Waals surface area contributed by atoms with E-state index in [0.29, 0.717) is 23.0 Å². The molecule has 0 bridgehead atoms. The van der Waals surface area contributed by atoms with E-state index in [1.165, 1.54) is 12.4 Å². The summed E-state index contributed by atoms with van der Waals surface area (Å²) < 4.78 is 19.1. The van der Waals surface area contributed by atoms with Crippen LogP contribution < -0.4 is 4.74 Å². The van der Waals surface area contributed by atoms with Crippen LogP contribution in [0, 0.1) is 12.7 Å². The molecule has 0 unspecified atom stereocenters. The molecular formula is C13H12ClFN2O. The maximum absolute atomic E-state index is 13.6. The van der Waals surface area contributed by atoms with Crippen LogP contribution in [-0.4, -0.2) is 9.97 Å². The number of aryl methyl sites for hydroxylation is 1. The number of rotatable bonds is 3. The topological polar surface area (TPSA) is 35.0 Å². The predicted molar refractivity (Wildman–Crippen MR) is 67.6 cm³/mol. The zero-order valence-electron chi connectivity index (χ0n) is 10.1. The molecule has 0 aliphatic heterocycles. The molecule has 1 aromatic heterocycles. The van der Waals surface area contributed by atoms with Crippen molar-refractivity contribution in [2.45, 2.75) is 20.3 Å². The SMILES string of the molecule is CCc1c(Cl)ncnc1Oc1cc(C)ccc1F. The van der Waals surface area contributed by atoms with Crippen LogP contribution in [0.15, 0.2) is 24.5 Å². The van der Waals surface area contributed by atoms with E-state index in [-0.39, 0.29) is 5.75 Å². The normalized spacial score (nSPS) is 10.4.